The van der Waals surface area contributed by atoms with Crippen LogP contribution in [0.3, 0.4) is 0 Å². The average molecular weight is 360 g/mol. The number of hydrogen-bond acceptors (Lipinski definition) is 5. The van der Waals surface area contributed by atoms with Gasteiger partial charge in [-0.2, -0.15) is 9.50 Å². The number of H-pyrrole nitrogens is 1. The first-order valence-corrected chi connectivity index (χ1v) is 9.37. The van der Waals surface area contributed by atoms with Gasteiger partial charge in [-0.3, -0.25) is 14.7 Å². The van der Waals surface area contributed by atoms with Crippen molar-refractivity contribution in [2.45, 2.75) is 58.4 Å². The number of aromatic nitrogens is 4. The lowest BCUT2D eigenvalue weighted by molar-refractivity contribution is -0.120. The number of nitrogens with one attached hydrogen (secondary N) is 2. The second kappa shape index (κ2) is 7.99. The monoisotopic (exact) mass is 360 g/mol. The summed E-state index contributed by atoms with van der Waals surface area (Å²) in [6.07, 6.45) is 6.57. The molecule has 2 heterocycles. The zero-order valence-electron chi connectivity index (χ0n) is 15.8. The van der Waals surface area contributed by atoms with Gasteiger partial charge in [0, 0.05) is 30.4 Å². The van der Waals surface area contributed by atoms with Crippen LogP contribution >= 0.6 is 0 Å². The molecule has 1 aliphatic carbocycles. The predicted octanol–water partition coefficient (Wildman–Crippen LogP) is 0.958. The molecule has 0 aliphatic heterocycles. The normalized spacial score (nSPS) is 15.7. The van der Waals surface area contributed by atoms with Gasteiger partial charge in [0.15, 0.2) is 0 Å². The number of rotatable bonds is 6. The number of aryl methyl sites for hydroxylation is 1. The molecule has 8 heteroatoms. The highest BCUT2D eigenvalue weighted by Gasteiger charge is 2.18. The molecule has 1 amide bonds. The smallest absolute Gasteiger partial charge is 0.277 e. The van der Waals surface area contributed by atoms with Gasteiger partial charge >= 0.3 is 0 Å². The van der Waals surface area contributed by atoms with Gasteiger partial charge in [-0.25, -0.2) is 4.98 Å². The van der Waals surface area contributed by atoms with Crippen LogP contribution in [0.4, 0.5) is 0 Å². The number of fused-ring (bicyclic) bond motifs is 1. The maximum absolute atomic E-state index is 12.2. The number of amides is 1. The van der Waals surface area contributed by atoms with Crippen molar-refractivity contribution in [2.75, 3.05) is 20.1 Å². The quantitative estimate of drug-likeness (QED) is 0.800. The molecular weight excluding hydrogens is 332 g/mol. The van der Waals surface area contributed by atoms with Gasteiger partial charge in [-0.15, -0.1) is 0 Å². The van der Waals surface area contributed by atoms with E-state index in [0.29, 0.717) is 35.4 Å². The minimum atomic E-state index is -0.180. The van der Waals surface area contributed by atoms with Crippen LogP contribution in [-0.4, -0.2) is 56.6 Å². The SMILES string of the molecule is Cc1nc2nc(CC(=O)NCCN(C)C3CCCCC3)[nH]n2c(=O)c1C. The summed E-state index contributed by atoms with van der Waals surface area (Å²) in [6.45, 7) is 4.96. The highest BCUT2D eigenvalue weighted by atomic mass is 16.1. The molecular formula is C18H28N6O2. The van der Waals surface area contributed by atoms with Gasteiger partial charge in [0.05, 0.1) is 6.42 Å². The summed E-state index contributed by atoms with van der Waals surface area (Å²) in [5, 5.41) is 5.81. The molecule has 2 N–H and O–H groups in total. The minimum absolute atomic E-state index is 0.105. The zero-order chi connectivity index (χ0) is 18.7. The number of carbonyl (C=O) groups is 1. The molecule has 26 heavy (non-hydrogen) atoms. The maximum Gasteiger partial charge on any atom is 0.277 e. The van der Waals surface area contributed by atoms with E-state index in [1.807, 2.05) is 0 Å². The Balaban J connectivity index is 1.52. The molecule has 2 aromatic heterocycles. The van der Waals surface area contributed by atoms with E-state index in [2.05, 4.69) is 32.3 Å². The Bertz CT molecular complexity index is 834. The van der Waals surface area contributed by atoms with E-state index in [1.165, 1.54) is 36.6 Å². The highest BCUT2D eigenvalue weighted by molar-refractivity contribution is 5.77. The molecule has 1 saturated carbocycles. The lowest BCUT2D eigenvalue weighted by Gasteiger charge is -2.31. The minimum Gasteiger partial charge on any atom is -0.354 e. The predicted molar refractivity (Wildman–Crippen MR) is 99.3 cm³/mol. The molecule has 0 unspecified atom stereocenters. The summed E-state index contributed by atoms with van der Waals surface area (Å²) in [7, 11) is 2.13. The van der Waals surface area contributed by atoms with E-state index in [0.717, 1.165) is 6.54 Å². The number of aromatic amines is 1. The maximum atomic E-state index is 12.2. The van der Waals surface area contributed by atoms with Crippen molar-refractivity contribution in [3.63, 3.8) is 0 Å². The van der Waals surface area contributed by atoms with Crippen molar-refractivity contribution < 1.29 is 4.79 Å². The highest BCUT2D eigenvalue weighted by Crippen LogP contribution is 2.21. The van der Waals surface area contributed by atoms with Crippen LogP contribution in [0, 0.1) is 13.8 Å². The third-order valence-corrected chi connectivity index (χ3v) is 5.32. The van der Waals surface area contributed by atoms with Crippen molar-refractivity contribution in [1.82, 2.24) is 29.8 Å². The lowest BCUT2D eigenvalue weighted by atomic mass is 9.94. The van der Waals surface area contributed by atoms with Crippen molar-refractivity contribution in [2.24, 2.45) is 0 Å². The van der Waals surface area contributed by atoms with Gasteiger partial charge in [0.2, 0.25) is 5.91 Å². The van der Waals surface area contributed by atoms with E-state index < -0.39 is 0 Å². The molecule has 2 aromatic rings. The molecule has 0 spiro atoms. The van der Waals surface area contributed by atoms with Crippen LogP contribution in [0.1, 0.15) is 49.2 Å². The van der Waals surface area contributed by atoms with E-state index in [-0.39, 0.29) is 17.9 Å². The summed E-state index contributed by atoms with van der Waals surface area (Å²) in [5.74, 6) is 0.637. The Morgan fingerprint density at radius 1 is 1.27 bits per heavy atom. The van der Waals surface area contributed by atoms with Gasteiger partial charge in [0.25, 0.3) is 11.3 Å². The number of nitrogens with zero attached hydrogens (tertiary/aromatic N) is 4. The number of carbonyl (C=O) groups excluding carboxylic acids is 1. The Hall–Kier alpha value is -2.22. The zero-order valence-corrected chi connectivity index (χ0v) is 15.8. The first-order chi connectivity index (χ1) is 12.5. The fourth-order valence-corrected chi connectivity index (χ4v) is 3.52. The summed E-state index contributed by atoms with van der Waals surface area (Å²) in [5.41, 5.74) is 1.05. The molecule has 0 bridgehead atoms. The largest absolute Gasteiger partial charge is 0.354 e. The van der Waals surface area contributed by atoms with E-state index in [9.17, 15) is 9.59 Å². The van der Waals surface area contributed by atoms with Gasteiger partial charge in [-0.1, -0.05) is 19.3 Å². The first kappa shape index (κ1) is 18.6. The second-order valence-electron chi connectivity index (χ2n) is 7.23. The summed E-state index contributed by atoms with van der Waals surface area (Å²) < 4.78 is 1.29. The van der Waals surface area contributed by atoms with Crippen molar-refractivity contribution >= 4 is 11.7 Å². The molecule has 0 radical (unpaired) electrons. The van der Waals surface area contributed by atoms with Crippen LogP contribution in [0.15, 0.2) is 4.79 Å². The average Bonchev–Trinajstić information content (AvgIpc) is 3.02. The Labute approximate surface area is 153 Å². The second-order valence-corrected chi connectivity index (χ2v) is 7.23. The molecule has 0 saturated heterocycles. The summed E-state index contributed by atoms with van der Waals surface area (Å²) >= 11 is 0. The standard InChI is InChI=1S/C18H28N6O2/c1-12-13(2)20-18-21-15(22-24(18)17(12)26)11-16(25)19-9-10-23(3)14-7-5-4-6-8-14/h14H,4-11H2,1-3H3,(H,19,25)(H,20,21,22). The number of hydrogen-bond donors (Lipinski definition) is 2. The van der Waals surface area contributed by atoms with Gasteiger partial charge in [-0.05, 0) is 33.7 Å². The van der Waals surface area contributed by atoms with Crippen LogP contribution in [0.5, 0.6) is 0 Å². The van der Waals surface area contributed by atoms with E-state index >= 15 is 0 Å². The van der Waals surface area contributed by atoms with Crippen molar-refractivity contribution in [3.8, 4) is 0 Å². The molecule has 0 aromatic carbocycles. The van der Waals surface area contributed by atoms with Crippen LogP contribution < -0.4 is 10.9 Å². The van der Waals surface area contributed by atoms with Gasteiger partial charge < -0.3 is 10.2 Å². The third-order valence-electron chi connectivity index (χ3n) is 5.32. The fraction of sp³-hybridized carbons (Fsp3) is 0.667. The Morgan fingerprint density at radius 3 is 2.73 bits per heavy atom. The molecule has 1 aliphatic rings. The summed E-state index contributed by atoms with van der Waals surface area (Å²) in [4.78, 5) is 35.2. The van der Waals surface area contributed by atoms with Crippen LogP contribution in [-0.2, 0) is 11.2 Å². The Kier molecular flexibility index (Phi) is 5.70. The van der Waals surface area contributed by atoms with Crippen LogP contribution in [0.2, 0.25) is 0 Å². The topological polar surface area (TPSA) is 95.4 Å². The fourth-order valence-electron chi connectivity index (χ4n) is 3.52. The molecule has 3 rings (SSSR count). The molecule has 0 atom stereocenters. The van der Waals surface area contributed by atoms with Crippen molar-refractivity contribution in [3.05, 3.63) is 27.4 Å². The Morgan fingerprint density at radius 2 is 2.00 bits per heavy atom. The molecule has 1 fully saturated rings. The first-order valence-electron chi connectivity index (χ1n) is 9.37. The van der Waals surface area contributed by atoms with E-state index in [1.54, 1.807) is 13.8 Å². The molecule has 142 valence electrons. The van der Waals surface area contributed by atoms with E-state index in [4.69, 9.17) is 0 Å². The van der Waals surface area contributed by atoms with Crippen molar-refractivity contribution in [1.29, 1.82) is 0 Å². The molecule has 8 nitrogen and oxygen atoms in total. The lowest BCUT2D eigenvalue weighted by Crippen LogP contribution is -2.39. The summed E-state index contributed by atoms with van der Waals surface area (Å²) in [6, 6.07) is 0.639. The number of likely N-dealkylation sites (N-methyl/N-ethyl adjacent to an activating group) is 1. The van der Waals surface area contributed by atoms with Crippen LogP contribution in [0.25, 0.3) is 5.78 Å². The third kappa shape index (κ3) is 4.12. The van der Waals surface area contributed by atoms with Gasteiger partial charge in [0.1, 0.15) is 5.82 Å².